The molecule has 0 spiro atoms. The second kappa shape index (κ2) is 9.49. The first-order valence-electron chi connectivity index (χ1n) is 9.93. The first-order chi connectivity index (χ1) is 15.5. The average molecular weight is 445 g/mol. The first kappa shape index (κ1) is 21.3. The zero-order chi connectivity index (χ0) is 22.5. The predicted octanol–water partition coefficient (Wildman–Crippen LogP) is 3.61. The maximum Gasteiger partial charge on any atom is 0.266 e. The summed E-state index contributed by atoms with van der Waals surface area (Å²) >= 11 is 1.32. The lowest BCUT2D eigenvalue weighted by molar-refractivity contribution is -0.115. The predicted molar refractivity (Wildman–Crippen MR) is 126 cm³/mol. The molecule has 1 heterocycles. The Morgan fingerprint density at radius 1 is 0.938 bits per heavy atom. The number of fused-ring (bicyclic) bond motifs is 1. The lowest BCUT2D eigenvalue weighted by atomic mass is 10.1. The summed E-state index contributed by atoms with van der Waals surface area (Å²) in [4.78, 5) is 41.8. The molecule has 0 aliphatic carbocycles. The summed E-state index contributed by atoms with van der Waals surface area (Å²) in [6.07, 6.45) is 0.162. The standard InChI is InChI=1S/C24H20N4O3S/c25-22(30)17-10-4-6-12-19(17)26-21(29)14-15-32-24-27-20-13-7-5-11-18(20)23(31)28(24)16-8-2-1-3-9-16/h1-13H,14-15H2,(H2,25,30)(H,26,29). The molecule has 7 nitrogen and oxygen atoms in total. The molecule has 0 radical (unpaired) electrons. The van der Waals surface area contributed by atoms with Gasteiger partial charge in [0, 0.05) is 12.2 Å². The highest BCUT2D eigenvalue weighted by Crippen LogP contribution is 2.22. The molecule has 0 aliphatic rings. The fraction of sp³-hybridized carbons (Fsp3) is 0.0833. The number of nitrogens with zero attached hydrogens (tertiary/aromatic N) is 2. The molecule has 32 heavy (non-hydrogen) atoms. The first-order valence-corrected chi connectivity index (χ1v) is 10.9. The van der Waals surface area contributed by atoms with Gasteiger partial charge in [-0.25, -0.2) is 4.98 Å². The third kappa shape index (κ3) is 4.55. The number of aromatic nitrogens is 2. The maximum atomic E-state index is 13.2. The van der Waals surface area contributed by atoms with E-state index in [0.29, 0.717) is 33.2 Å². The van der Waals surface area contributed by atoms with Gasteiger partial charge in [0.15, 0.2) is 5.16 Å². The van der Waals surface area contributed by atoms with Crippen LogP contribution >= 0.6 is 11.8 Å². The van der Waals surface area contributed by atoms with E-state index in [1.807, 2.05) is 42.5 Å². The number of carbonyl (C=O) groups excluding carboxylic acids is 2. The molecule has 160 valence electrons. The summed E-state index contributed by atoms with van der Waals surface area (Å²) in [6, 6.07) is 23.0. The molecule has 0 bridgehead atoms. The minimum absolute atomic E-state index is 0.162. The highest BCUT2D eigenvalue weighted by Gasteiger charge is 2.15. The van der Waals surface area contributed by atoms with Crippen molar-refractivity contribution in [2.75, 3.05) is 11.1 Å². The summed E-state index contributed by atoms with van der Waals surface area (Å²) in [5.74, 6) is -0.481. The Balaban J connectivity index is 1.55. The molecule has 0 saturated heterocycles. The molecule has 0 fully saturated rings. The summed E-state index contributed by atoms with van der Waals surface area (Å²) < 4.78 is 1.56. The van der Waals surface area contributed by atoms with Crippen molar-refractivity contribution < 1.29 is 9.59 Å². The van der Waals surface area contributed by atoms with Crippen molar-refractivity contribution in [3.63, 3.8) is 0 Å². The van der Waals surface area contributed by atoms with Crippen LogP contribution < -0.4 is 16.6 Å². The molecule has 8 heteroatoms. The SMILES string of the molecule is NC(=O)c1ccccc1NC(=O)CCSc1nc2ccccc2c(=O)n1-c1ccccc1. The number of hydrogen-bond donors (Lipinski definition) is 2. The van der Waals surface area contributed by atoms with Crippen molar-refractivity contribution in [3.8, 4) is 5.69 Å². The van der Waals surface area contributed by atoms with Crippen LogP contribution in [0.1, 0.15) is 16.8 Å². The van der Waals surface area contributed by atoms with Crippen molar-refractivity contribution in [1.82, 2.24) is 9.55 Å². The summed E-state index contributed by atoms with van der Waals surface area (Å²) in [5.41, 5.74) is 7.14. The fourth-order valence-electron chi connectivity index (χ4n) is 3.27. The zero-order valence-electron chi connectivity index (χ0n) is 17.0. The highest BCUT2D eigenvalue weighted by molar-refractivity contribution is 7.99. The fourth-order valence-corrected chi connectivity index (χ4v) is 4.22. The molecule has 4 aromatic rings. The third-order valence-corrected chi connectivity index (χ3v) is 5.73. The number of thioether (sulfide) groups is 1. The van der Waals surface area contributed by atoms with E-state index in [1.165, 1.54) is 11.8 Å². The Bertz CT molecular complexity index is 1350. The Morgan fingerprint density at radius 3 is 2.41 bits per heavy atom. The van der Waals surface area contributed by atoms with Gasteiger partial charge in [-0.1, -0.05) is 54.2 Å². The van der Waals surface area contributed by atoms with E-state index in [-0.39, 0.29) is 23.5 Å². The van der Waals surface area contributed by atoms with Crippen molar-refractivity contribution in [2.45, 2.75) is 11.6 Å². The van der Waals surface area contributed by atoms with Crippen LogP contribution in [0.25, 0.3) is 16.6 Å². The molecule has 0 saturated carbocycles. The van der Waals surface area contributed by atoms with Gasteiger partial charge in [-0.15, -0.1) is 0 Å². The smallest absolute Gasteiger partial charge is 0.266 e. The number of amides is 2. The third-order valence-electron chi connectivity index (χ3n) is 4.79. The van der Waals surface area contributed by atoms with Crippen molar-refractivity contribution in [3.05, 3.63) is 94.8 Å². The van der Waals surface area contributed by atoms with Gasteiger partial charge < -0.3 is 11.1 Å². The van der Waals surface area contributed by atoms with E-state index >= 15 is 0 Å². The monoisotopic (exact) mass is 444 g/mol. The summed E-state index contributed by atoms with van der Waals surface area (Å²) in [5, 5.41) is 3.76. The number of nitrogens with one attached hydrogen (secondary N) is 1. The zero-order valence-corrected chi connectivity index (χ0v) is 17.8. The Kier molecular flexibility index (Phi) is 6.32. The normalized spacial score (nSPS) is 10.8. The van der Waals surface area contributed by atoms with Crippen LogP contribution in [-0.4, -0.2) is 27.1 Å². The molecule has 0 aliphatic heterocycles. The molecule has 1 aromatic heterocycles. The lowest BCUT2D eigenvalue weighted by Crippen LogP contribution is -2.22. The molecule has 3 aromatic carbocycles. The van der Waals surface area contributed by atoms with Gasteiger partial charge in [-0.3, -0.25) is 19.0 Å². The maximum absolute atomic E-state index is 13.2. The molecule has 0 unspecified atom stereocenters. The lowest BCUT2D eigenvalue weighted by Gasteiger charge is -2.13. The Hall–Kier alpha value is -3.91. The van der Waals surface area contributed by atoms with Gasteiger partial charge in [-0.2, -0.15) is 0 Å². The van der Waals surface area contributed by atoms with E-state index in [2.05, 4.69) is 10.3 Å². The van der Waals surface area contributed by atoms with Gasteiger partial charge in [0.2, 0.25) is 5.91 Å². The number of hydrogen-bond acceptors (Lipinski definition) is 5. The highest BCUT2D eigenvalue weighted by atomic mass is 32.2. The second-order valence-electron chi connectivity index (χ2n) is 6.94. The number of para-hydroxylation sites is 3. The molecular weight excluding hydrogens is 424 g/mol. The molecule has 2 amide bonds. The van der Waals surface area contributed by atoms with Crippen LogP contribution in [0, 0.1) is 0 Å². The number of benzene rings is 3. The topological polar surface area (TPSA) is 107 Å². The van der Waals surface area contributed by atoms with Crippen LogP contribution in [0.5, 0.6) is 0 Å². The van der Waals surface area contributed by atoms with Crippen molar-refractivity contribution in [2.24, 2.45) is 5.73 Å². The number of primary amides is 1. The van der Waals surface area contributed by atoms with Crippen LogP contribution in [0.4, 0.5) is 5.69 Å². The summed E-state index contributed by atoms with van der Waals surface area (Å²) in [6.45, 7) is 0. The number of nitrogens with two attached hydrogens (primary N) is 1. The minimum Gasteiger partial charge on any atom is -0.366 e. The second-order valence-corrected chi connectivity index (χ2v) is 8.01. The van der Waals surface area contributed by atoms with Gasteiger partial charge in [-0.05, 0) is 36.4 Å². The summed E-state index contributed by atoms with van der Waals surface area (Å²) in [7, 11) is 0. The van der Waals surface area contributed by atoms with Crippen LogP contribution in [-0.2, 0) is 4.79 Å². The van der Waals surface area contributed by atoms with E-state index in [1.54, 1.807) is 41.0 Å². The van der Waals surface area contributed by atoms with Gasteiger partial charge in [0.05, 0.1) is 27.8 Å². The molecule has 4 rings (SSSR count). The van der Waals surface area contributed by atoms with Crippen molar-refractivity contribution in [1.29, 1.82) is 0 Å². The van der Waals surface area contributed by atoms with E-state index in [0.717, 1.165) is 0 Å². The molecule has 3 N–H and O–H groups in total. The van der Waals surface area contributed by atoms with E-state index < -0.39 is 5.91 Å². The Labute approximate surface area is 188 Å². The number of anilines is 1. The van der Waals surface area contributed by atoms with E-state index in [9.17, 15) is 14.4 Å². The van der Waals surface area contributed by atoms with Crippen molar-refractivity contribution >= 4 is 40.2 Å². The number of carbonyl (C=O) groups is 2. The minimum atomic E-state index is -0.609. The number of rotatable bonds is 7. The van der Waals surface area contributed by atoms with E-state index in [4.69, 9.17) is 5.73 Å². The van der Waals surface area contributed by atoms with Crippen LogP contribution in [0.3, 0.4) is 0 Å². The largest absolute Gasteiger partial charge is 0.366 e. The Morgan fingerprint density at radius 2 is 1.62 bits per heavy atom. The van der Waals surface area contributed by atoms with Gasteiger partial charge in [0.25, 0.3) is 11.5 Å². The van der Waals surface area contributed by atoms with Crippen LogP contribution in [0.15, 0.2) is 88.8 Å². The molecule has 0 atom stereocenters. The van der Waals surface area contributed by atoms with Crippen LogP contribution in [0.2, 0.25) is 0 Å². The average Bonchev–Trinajstić information content (AvgIpc) is 2.80. The van der Waals surface area contributed by atoms with Gasteiger partial charge >= 0.3 is 0 Å². The van der Waals surface area contributed by atoms with Gasteiger partial charge in [0.1, 0.15) is 0 Å². The quantitative estimate of drug-likeness (QED) is 0.335. The molecular formula is C24H20N4O3S.